The van der Waals surface area contributed by atoms with Crippen molar-refractivity contribution in [1.82, 2.24) is 9.97 Å². The van der Waals surface area contributed by atoms with Gasteiger partial charge >= 0.3 is 6.18 Å². The van der Waals surface area contributed by atoms with Gasteiger partial charge in [0.05, 0.1) is 6.10 Å². The highest BCUT2D eigenvalue weighted by molar-refractivity contribution is 5.63. The molecule has 1 aliphatic carbocycles. The average molecular weight is 428 g/mol. The second-order valence-electron chi connectivity index (χ2n) is 7.62. The molecule has 2 N–H and O–H groups in total. The lowest BCUT2D eigenvalue weighted by atomic mass is 10.2. The van der Waals surface area contributed by atoms with Crippen LogP contribution in [0.1, 0.15) is 36.8 Å². The molecule has 0 radical (unpaired) electrons. The van der Waals surface area contributed by atoms with E-state index in [9.17, 15) is 13.2 Å². The van der Waals surface area contributed by atoms with Crippen LogP contribution < -0.4 is 15.4 Å². The van der Waals surface area contributed by atoms with Gasteiger partial charge in [0.25, 0.3) is 0 Å². The highest BCUT2D eigenvalue weighted by atomic mass is 19.4. The number of halogens is 3. The zero-order valence-electron chi connectivity index (χ0n) is 17.0. The van der Waals surface area contributed by atoms with Gasteiger partial charge in [0.2, 0.25) is 5.95 Å². The molecule has 4 rings (SSSR count). The van der Waals surface area contributed by atoms with Crippen LogP contribution in [0.4, 0.5) is 36.3 Å². The van der Waals surface area contributed by atoms with Gasteiger partial charge < -0.3 is 15.4 Å². The number of benzene rings is 2. The molecule has 162 valence electrons. The Hall–Kier alpha value is -3.29. The minimum atomic E-state index is -4.58. The molecule has 0 atom stereocenters. The number of nitrogens with zero attached hydrogens (tertiary/aromatic N) is 2. The maximum atomic E-state index is 13.4. The second-order valence-corrected chi connectivity index (χ2v) is 7.62. The topological polar surface area (TPSA) is 59.1 Å². The Bertz CT molecular complexity index is 1030. The lowest BCUT2D eigenvalue weighted by Gasteiger charge is -2.16. The molecule has 0 amide bonds. The van der Waals surface area contributed by atoms with Crippen molar-refractivity contribution >= 4 is 23.1 Å². The van der Waals surface area contributed by atoms with Gasteiger partial charge in [0.1, 0.15) is 17.1 Å². The number of hydrogen-bond acceptors (Lipinski definition) is 5. The highest BCUT2D eigenvalue weighted by Gasteiger charge is 2.35. The summed E-state index contributed by atoms with van der Waals surface area (Å²) in [5, 5.41) is 5.72. The fraction of sp³-hybridized carbons (Fsp3) is 0.304. The first kappa shape index (κ1) is 21.0. The van der Waals surface area contributed by atoms with E-state index < -0.39 is 11.7 Å². The lowest BCUT2D eigenvalue weighted by molar-refractivity contribution is -0.137. The molecule has 8 heteroatoms. The van der Waals surface area contributed by atoms with E-state index in [-0.39, 0.29) is 17.9 Å². The van der Waals surface area contributed by atoms with Crippen LogP contribution in [0.15, 0.2) is 54.7 Å². The Balaban J connectivity index is 1.52. The van der Waals surface area contributed by atoms with Crippen LogP contribution in [0.3, 0.4) is 0 Å². The predicted octanol–water partition coefficient (Wildman–Crippen LogP) is 6.61. The van der Waals surface area contributed by atoms with Gasteiger partial charge in [-0.15, -0.1) is 0 Å². The number of nitrogens with one attached hydrogen (secondary N) is 2. The van der Waals surface area contributed by atoms with E-state index >= 15 is 0 Å². The maximum Gasteiger partial charge on any atom is 0.421 e. The summed E-state index contributed by atoms with van der Waals surface area (Å²) in [6.45, 7) is 1.86. The van der Waals surface area contributed by atoms with Crippen molar-refractivity contribution in [3.05, 3.63) is 65.9 Å². The average Bonchev–Trinajstić information content (AvgIpc) is 3.22. The minimum absolute atomic E-state index is 0.0626. The third kappa shape index (κ3) is 5.45. The summed E-state index contributed by atoms with van der Waals surface area (Å²) in [6.07, 6.45) is 0.969. The molecule has 0 saturated heterocycles. The Kier molecular flexibility index (Phi) is 5.97. The smallest absolute Gasteiger partial charge is 0.421 e. The molecule has 0 unspecified atom stereocenters. The monoisotopic (exact) mass is 428 g/mol. The van der Waals surface area contributed by atoms with Crippen molar-refractivity contribution in [3.63, 3.8) is 0 Å². The number of hydrogen-bond donors (Lipinski definition) is 2. The molecule has 1 heterocycles. The van der Waals surface area contributed by atoms with Gasteiger partial charge in [0, 0.05) is 17.6 Å². The molecule has 1 saturated carbocycles. The molecule has 31 heavy (non-hydrogen) atoms. The molecule has 0 spiro atoms. The van der Waals surface area contributed by atoms with E-state index in [0.29, 0.717) is 11.4 Å². The van der Waals surface area contributed by atoms with Crippen LogP contribution >= 0.6 is 0 Å². The number of ether oxygens (including phenoxy) is 1. The summed E-state index contributed by atoms with van der Waals surface area (Å²) in [5.74, 6) is 0.525. The number of aryl methyl sites for hydroxylation is 1. The summed E-state index contributed by atoms with van der Waals surface area (Å²) in [6, 6.07) is 14.3. The molecule has 5 nitrogen and oxygen atoms in total. The summed E-state index contributed by atoms with van der Waals surface area (Å²) < 4.78 is 46.3. The number of aromatic nitrogens is 2. The summed E-state index contributed by atoms with van der Waals surface area (Å²) in [5.41, 5.74) is 1.16. The van der Waals surface area contributed by atoms with Crippen molar-refractivity contribution in [3.8, 4) is 5.75 Å². The quantitative estimate of drug-likeness (QED) is 0.462. The van der Waals surface area contributed by atoms with Gasteiger partial charge in [-0.2, -0.15) is 18.2 Å². The van der Waals surface area contributed by atoms with Gasteiger partial charge in [-0.3, -0.25) is 0 Å². The Morgan fingerprint density at radius 2 is 1.71 bits per heavy atom. The van der Waals surface area contributed by atoms with Crippen LogP contribution in [-0.4, -0.2) is 16.1 Å². The summed E-state index contributed by atoms with van der Waals surface area (Å²) in [7, 11) is 0. The largest absolute Gasteiger partial charge is 0.490 e. The van der Waals surface area contributed by atoms with Crippen molar-refractivity contribution in [2.24, 2.45) is 0 Å². The van der Waals surface area contributed by atoms with Crippen LogP contribution in [0.2, 0.25) is 0 Å². The first-order valence-corrected chi connectivity index (χ1v) is 10.2. The zero-order chi connectivity index (χ0) is 21.8. The number of anilines is 4. The highest BCUT2D eigenvalue weighted by Crippen LogP contribution is 2.35. The first-order valence-electron chi connectivity index (χ1n) is 10.2. The third-order valence-corrected chi connectivity index (χ3v) is 5.09. The molecule has 1 aromatic heterocycles. The second kappa shape index (κ2) is 8.83. The predicted molar refractivity (Wildman–Crippen MR) is 114 cm³/mol. The van der Waals surface area contributed by atoms with Gasteiger partial charge in [0.15, 0.2) is 0 Å². The SMILES string of the molecule is Cc1cccc(Nc2nc(Nc3ccc(OC4CCCC4)cc3)ncc2C(F)(F)F)c1. The standard InChI is InChI=1S/C23H23F3N4O/c1-15-5-4-6-17(13-15)28-21-20(23(24,25)26)14-27-22(30-21)29-16-9-11-19(12-10-16)31-18-7-2-3-8-18/h4-6,9-14,18H,2-3,7-8H2,1H3,(H2,27,28,29,30). The van der Waals surface area contributed by atoms with Crippen molar-refractivity contribution in [1.29, 1.82) is 0 Å². The fourth-order valence-electron chi connectivity index (χ4n) is 3.55. The Morgan fingerprint density at radius 3 is 2.39 bits per heavy atom. The molecule has 3 aromatic rings. The van der Waals surface area contributed by atoms with E-state index in [4.69, 9.17) is 4.74 Å². The van der Waals surface area contributed by atoms with E-state index in [1.54, 1.807) is 30.3 Å². The fourth-order valence-corrected chi connectivity index (χ4v) is 3.55. The van der Waals surface area contributed by atoms with Crippen LogP contribution in [-0.2, 0) is 6.18 Å². The van der Waals surface area contributed by atoms with Gasteiger partial charge in [-0.25, -0.2) is 4.98 Å². The van der Waals surface area contributed by atoms with E-state index in [1.807, 2.05) is 25.1 Å². The number of rotatable bonds is 6. The summed E-state index contributed by atoms with van der Waals surface area (Å²) in [4.78, 5) is 7.93. The van der Waals surface area contributed by atoms with E-state index in [1.165, 1.54) is 12.8 Å². The third-order valence-electron chi connectivity index (χ3n) is 5.09. The molecule has 0 aliphatic heterocycles. The van der Waals surface area contributed by atoms with Crippen molar-refractivity contribution in [2.45, 2.75) is 44.9 Å². The number of alkyl halides is 3. The van der Waals surface area contributed by atoms with E-state index in [2.05, 4.69) is 20.6 Å². The normalized spacial score (nSPS) is 14.5. The van der Waals surface area contributed by atoms with Crippen molar-refractivity contribution < 1.29 is 17.9 Å². The van der Waals surface area contributed by atoms with Crippen LogP contribution in [0.25, 0.3) is 0 Å². The Morgan fingerprint density at radius 1 is 0.968 bits per heavy atom. The zero-order valence-corrected chi connectivity index (χ0v) is 17.0. The van der Waals surface area contributed by atoms with Crippen LogP contribution in [0, 0.1) is 6.92 Å². The Labute approximate surface area is 178 Å². The van der Waals surface area contributed by atoms with Crippen LogP contribution in [0.5, 0.6) is 5.75 Å². The first-order chi connectivity index (χ1) is 14.9. The summed E-state index contributed by atoms with van der Waals surface area (Å²) >= 11 is 0. The molecule has 1 fully saturated rings. The van der Waals surface area contributed by atoms with E-state index in [0.717, 1.165) is 30.4 Å². The molecule has 0 bridgehead atoms. The maximum absolute atomic E-state index is 13.4. The molecule has 1 aliphatic rings. The molecular formula is C23H23F3N4O. The lowest BCUT2D eigenvalue weighted by Crippen LogP contribution is -2.12. The van der Waals surface area contributed by atoms with Gasteiger partial charge in [-0.1, -0.05) is 12.1 Å². The minimum Gasteiger partial charge on any atom is -0.490 e. The van der Waals surface area contributed by atoms with Crippen molar-refractivity contribution in [2.75, 3.05) is 10.6 Å². The van der Waals surface area contributed by atoms with Gasteiger partial charge in [-0.05, 0) is 74.6 Å². The molecular weight excluding hydrogens is 405 g/mol. The molecule has 2 aromatic carbocycles.